The van der Waals surface area contributed by atoms with Gasteiger partial charge in [-0.2, -0.15) is 4.31 Å². The number of anilines is 1. The van der Waals surface area contributed by atoms with E-state index in [0.717, 1.165) is 20.3 Å². The van der Waals surface area contributed by atoms with Gasteiger partial charge in [-0.1, -0.05) is 41.4 Å². The number of rotatable bonds is 9. The first-order valence-corrected chi connectivity index (χ1v) is 13.9. The van der Waals surface area contributed by atoms with E-state index in [1.807, 2.05) is 13.0 Å². The molecular formula is C28H27ClN2O6S. The number of carbonyl (C=O) groups excluding carboxylic acids is 3. The van der Waals surface area contributed by atoms with Gasteiger partial charge >= 0.3 is 5.97 Å². The maximum absolute atomic E-state index is 13.8. The predicted octanol–water partition coefficient (Wildman–Crippen LogP) is 4.39. The smallest absolute Gasteiger partial charge is 0.338 e. The van der Waals surface area contributed by atoms with Crippen LogP contribution >= 0.6 is 11.6 Å². The van der Waals surface area contributed by atoms with Crippen molar-refractivity contribution < 1.29 is 27.5 Å². The van der Waals surface area contributed by atoms with Crippen LogP contribution in [0.4, 0.5) is 5.69 Å². The Bertz CT molecular complexity index is 1460. The van der Waals surface area contributed by atoms with Crippen LogP contribution < -0.4 is 4.90 Å². The van der Waals surface area contributed by atoms with E-state index < -0.39 is 33.8 Å². The summed E-state index contributed by atoms with van der Waals surface area (Å²) in [6.45, 7) is 3.72. The SMILES string of the molecule is CCOC(=O)c1ccc(N2C(=O)CC(N(CCc3cccc(Cl)c3)S(=O)(=O)c3ccc(C)cc3)C2=O)cc1. The number of aryl methyl sites for hydroxylation is 1. The topological polar surface area (TPSA) is 101 Å². The van der Waals surface area contributed by atoms with Gasteiger partial charge in [0.2, 0.25) is 15.9 Å². The number of imide groups is 1. The van der Waals surface area contributed by atoms with Crippen molar-refractivity contribution >= 4 is 45.1 Å². The van der Waals surface area contributed by atoms with Crippen LogP contribution in [0.25, 0.3) is 0 Å². The fraction of sp³-hybridized carbons (Fsp3) is 0.250. The third-order valence-corrected chi connectivity index (χ3v) is 8.40. The van der Waals surface area contributed by atoms with Crippen LogP contribution in [0.2, 0.25) is 5.02 Å². The third kappa shape index (κ3) is 5.80. The fourth-order valence-electron chi connectivity index (χ4n) is 4.29. The normalized spacial score (nSPS) is 15.8. The lowest BCUT2D eigenvalue weighted by atomic mass is 10.1. The Balaban J connectivity index is 1.65. The lowest BCUT2D eigenvalue weighted by molar-refractivity contribution is -0.122. The molecule has 1 aliphatic rings. The van der Waals surface area contributed by atoms with Crippen LogP contribution in [-0.2, 0) is 30.8 Å². The Hall–Kier alpha value is -3.53. The molecule has 1 heterocycles. The molecule has 4 rings (SSSR count). The molecule has 0 aromatic heterocycles. The molecule has 1 aliphatic heterocycles. The van der Waals surface area contributed by atoms with Crippen molar-refractivity contribution in [3.05, 3.63) is 94.5 Å². The van der Waals surface area contributed by atoms with Crippen molar-refractivity contribution in [1.82, 2.24) is 4.31 Å². The van der Waals surface area contributed by atoms with Gasteiger partial charge in [-0.3, -0.25) is 9.59 Å². The van der Waals surface area contributed by atoms with Gasteiger partial charge in [0.1, 0.15) is 6.04 Å². The maximum atomic E-state index is 13.8. The molecule has 198 valence electrons. The van der Waals surface area contributed by atoms with Gasteiger partial charge in [0.05, 0.1) is 29.2 Å². The molecule has 0 spiro atoms. The molecule has 0 N–H and O–H groups in total. The minimum atomic E-state index is -4.13. The van der Waals surface area contributed by atoms with E-state index in [1.165, 1.54) is 36.4 Å². The molecule has 0 bridgehead atoms. The molecule has 0 saturated carbocycles. The molecule has 3 aromatic rings. The summed E-state index contributed by atoms with van der Waals surface area (Å²) in [6, 6.07) is 18.0. The second-order valence-corrected chi connectivity index (χ2v) is 11.2. The summed E-state index contributed by atoms with van der Waals surface area (Å²) in [5, 5.41) is 0.514. The second-order valence-electron chi connectivity index (χ2n) is 8.86. The summed E-state index contributed by atoms with van der Waals surface area (Å²) in [4.78, 5) is 39.6. The zero-order valence-corrected chi connectivity index (χ0v) is 22.5. The zero-order valence-electron chi connectivity index (χ0n) is 21.0. The molecule has 2 amide bonds. The van der Waals surface area contributed by atoms with E-state index in [4.69, 9.17) is 16.3 Å². The standard InChI is InChI=1S/C28H27ClN2O6S/c1-3-37-28(34)21-9-11-23(12-10-21)31-26(32)18-25(27(31)33)30(16-15-20-5-4-6-22(29)17-20)38(35,36)24-13-7-19(2)8-14-24/h4-14,17,25H,3,15-16,18H2,1-2H3. The Morgan fingerprint density at radius 1 is 1.05 bits per heavy atom. The van der Waals surface area contributed by atoms with Crippen molar-refractivity contribution in [3.8, 4) is 0 Å². The second kappa shape index (κ2) is 11.5. The van der Waals surface area contributed by atoms with Gasteiger partial charge in [0.25, 0.3) is 5.91 Å². The number of nitrogens with zero attached hydrogens (tertiary/aromatic N) is 2. The van der Waals surface area contributed by atoms with Crippen LogP contribution in [0, 0.1) is 6.92 Å². The number of hydrogen-bond acceptors (Lipinski definition) is 6. The molecule has 10 heteroatoms. The lowest BCUT2D eigenvalue weighted by Gasteiger charge is -2.27. The van der Waals surface area contributed by atoms with Crippen molar-refractivity contribution in [2.24, 2.45) is 0 Å². The summed E-state index contributed by atoms with van der Waals surface area (Å²) in [5.74, 6) is -1.70. The quantitative estimate of drug-likeness (QED) is 0.287. The monoisotopic (exact) mass is 554 g/mol. The molecule has 8 nitrogen and oxygen atoms in total. The highest BCUT2D eigenvalue weighted by atomic mass is 35.5. The highest BCUT2D eigenvalue weighted by molar-refractivity contribution is 7.89. The first kappa shape index (κ1) is 27.5. The molecule has 38 heavy (non-hydrogen) atoms. The number of hydrogen-bond donors (Lipinski definition) is 0. The van der Waals surface area contributed by atoms with Crippen molar-refractivity contribution in [2.75, 3.05) is 18.1 Å². The van der Waals surface area contributed by atoms with Crippen LogP contribution in [0.5, 0.6) is 0 Å². The number of carbonyl (C=O) groups is 3. The van der Waals surface area contributed by atoms with E-state index in [9.17, 15) is 22.8 Å². The molecular weight excluding hydrogens is 528 g/mol. The average molecular weight is 555 g/mol. The van der Waals surface area contributed by atoms with E-state index in [-0.39, 0.29) is 42.1 Å². The molecule has 0 aliphatic carbocycles. The summed E-state index contributed by atoms with van der Waals surface area (Å²) >= 11 is 6.10. The highest BCUT2D eigenvalue weighted by Crippen LogP contribution is 2.30. The van der Waals surface area contributed by atoms with E-state index in [2.05, 4.69) is 0 Å². The molecule has 0 radical (unpaired) electrons. The third-order valence-electron chi connectivity index (χ3n) is 6.24. The van der Waals surface area contributed by atoms with Gasteiger partial charge in [0, 0.05) is 11.6 Å². The van der Waals surface area contributed by atoms with E-state index in [1.54, 1.807) is 37.3 Å². The maximum Gasteiger partial charge on any atom is 0.338 e. The fourth-order valence-corrected chi connectivity index (χ4v) is 6.09. The first-order valence-electron chi connectivity index (χ1n) is 12.1. The zero-order chi connectivity index (χ0) is 27.4. The van der Waals surface area contributed by atoms with Crippen LogP contribution in [0.3, 0.4) is 0 Å². The van der Waals surface area contributed by atoms with Crippen molar-refractivity contribution in [1.29, 1.82) is 0 Å². The van der Waals surface area contributed by atoms with Gasteiger partial charge in [-0.05, 0) is 74.4 Å². The molecule has 1 unspecified atom stereocenters. The lowest BCUT2D eigenvalue weighted by Crippen LogP contribution is -2.46. The summed E-state index contributed by atoms with van der Waals surface area (Å²) in [6.07, 6.45) is -0.0169. The molecule has 1 saturated heterocycles. The first-order chi connectivity index (χ1) is 18.1. The van der Waals surface area contributed by atoms with Crippen LogP contribution in [0.1, 0.15) is 34.8 Å². The number of benzene rings is 3. The van der Waals surface area contributed by atoms with Gasteiger partial charge in [-0.15, -0.1) is 0 Å². The van der Waals surface area contributed by atoms with Crippen molar-refractivity contribution in [2.45, 2.75) is 37.6 Å². The highest BCUT2D eigenvalue weighted by Gasteiger charge is 2.46. The molecule has 3 aromatic carbocycles. The Morgan fingerprint density at radius 2 is 1.74 bits per heavy atom. The minimum Gasteiger partial charge on any atom is -0.462 e. The summed E-state index contributed by atoms with van der Waals surface area (Å²) in [5.41, 5.74) is 2.21. The van der Waals surface area contributed by atoms with E-state index >= 15 is 0 Å². The number of ether oxygens (including phenoxy) is 1. The molecule has 1 atom stereocenters. The predicted molar refractivity (Wildman–Crippen MR) is 144 cm³/mol. The largest absolute Gasteiger partial charge is 0.462 e. The van der Waals surface area contributed by atoms with Gasteiger partial charge in [0.15, 0.2) is 0 Å². The van der Waals surface area contributed by atoms with Crippen molar-refractivity contribution in [3.63, 3.8) is 0 Å². The number of amides is 2. The minimum absolute atomic E-state index is 0.0319. The summed E-state index contributed by atoms with van der Waals surface area (Å²) < 4.78 is 33.6. The van der Waals surface area contributed by atoms with Crippen LogP contribution in [0.15, 0.2) is 77.7 Å². The number of sulfonamides is 1. The number of esters is 1. The van der Waals surface area contributed by atoms with Gasteiger partial charge in [-0.25, -0.2) is 18.1 Å². The Morgan fingerprint density at radius 3 is 2.37 bits per heavy atom. The average Bonchev–Trinajstić information content (AvgIpc) is 3.17. The Labute approximate surface area is 226 Å². The number of halogens is 1. The van der Waals surface area contributed by atoms with E-state index in [0.29, 0.717) is 5.02 Å². The van der Waals surface area contributed by atoms with Gasteiger partial charge < -0.3 is 4.74 Å². The Kier molecular flexibility index (Phi) is 8.30. The molecule has 1 fully saturated rings. The van der Waals surface area contributed by atoms with Crippen LogP contribution in [-0.4, -0.2) is 49.7 Å². The summed E-state index contributed by atoms with van der Waals surface area (Å²) in [7, 11) is -4.13.